The molecule has 6 nitrogen and oxygen atoms in total. The summed E-state index contributed by atoms with van der Waals surface area (Å²) >= 11 is 0. The van der Waals surface area contributed by atoms with Gasteiger partial charge in [-0.2, -0.15) is 0 Å². The molecule has 0 aliphatic carbocycles. The van der Waals surface area contributed by atoms with Crippen molar-refractivity contribution in [2.45, 2.75) is 321 Å². The van der Waals surface area contributed by atoms with Crippen molar-refractivity contribution in [2.24, 2.45) is 0 Å². The summed E-state index contributed by atoms with van der Waals surface area (Å²) in [5, 5.41) is 23.1. The summed E-state index contributed by atoms with van der Waals surface area (Å²) in [6, 6.07) is -0.650. The van der Waals surface area contributed by atoms with Crippen molar-refractivity contribution >= 4 is 11.9 Å². The fourth-order valence-corrected chi connectivity index (χ4v) is 8.95. The van der Waals surface area contributed by atoms with Gasteiger partial charge in [0.25, 0.3) is 0 Å². The van der Waals surface area contributed by atoms with Crippen LogP contribution in [0.1, 0.15) is 309 Å². The highest BCUT2D eigenvalue weighted by atomic mass is 16.5. The maximum atomic E-state index is 12.5. The lowest BCUT2D eigenvalue weighted by Crippen LogP contribution is -2.45. The molecule has 1 amide bonds. The van der Waals surface area contributed by atoms with Crippen molar-refractivity contribution in [3.8, 4) is 0 Å². The molecule has 0 saturated heterocycles. The SMILES string of the molecule is CCCCCC/C=C\C/C=C\CCCCCCCCCC(=O)OCCCCCCCC/C=C\CCCCCC(=O)NC(CO)C(O)/C=C/CCCCCCCCCCCCCCCCCCCC. The second-order valence-corrected chi connectivity index (χ2v) is 20.3. The van der Waals surface area contributed by atoms with Crippen molar-refractivity contribution in [1.82, 2.24) is 5.32 Å². The Hall–Kier alpha value is -2.18. The van der Waals surface area contributed by atoms with E-state index in [4.69, 9.17) is 4.74 Å². The molecule has 0 aromatic carbocycles. The quantitative estimate of drug-likeness (QED) is 0.0321. The molecule has 0 aromatic heterocycles. The molecule has 398 valence electrons. The van der Waals surface area contributed by atoms with Gasteiger partial charge in [-0.05, 0) is 89.9 Å². The van der Waals surface area contributed by atoms with Gasteiger partial charge < -0.3 is 20.3 Å². The second kappa shape index (κ2) is 57.4. The van der Waals surface area contributed by atoms with E-state index in [9.17, 15) is 19.8 Å². The first kappa shape index (κ1) is 65.8. The molecule has 3 N–H and O–H groups in total. The summed E-state index contributed by atoms with van der Waals surface area (Å²) in [7, 11) is 0. The summed E-state index contributed by atoms with van der Waals surface area (Å²) in [6.07, 6.45) is 72.7. The van der Waals surface area contributed by atoms with E-state index in [2.05, 4.69) is 55.6 Å². The third kappa shape index (κ3) is 53.2. The minimum absolute atomic E-state index is 0.0214. The van der Waals surface area contributed by atoms with Crippen LogP contribution in [0.4, 0.5) is 0 Å². The monoisotopic (exact) mass is 954 g/mol. The number of unbranched alkanes of at least 4 members (excludes halogenated alkanes) is 38. The molecule has 0 saturated carbocycles. The number of aliphatic hydroxyl groups excluding tert-OH is 2. The molecular formula is C62H115NO5. The number of aliphatic hydroxyl groups is 2. The average Bonchev–Trinajstić information content (AvgIpc) is 3.34. The first-order valence-electron chi connectivity index (χ1n) is 29.9. The number of hydrogen-bond donors (Lipinski definition) is 3. The predicted molar refractivity (Wildman–Crippen MR) is 296 cm³/mol. The number of amides is 1. The molecule has 0 aromatic rings. The minimum atomic E-state index is -0.864. The van der Waals surface area contributed by atoms with Gasteiger partial charge in [-0.1, -0.05) is 255 Å². The zero-order valence-corrected chi connectivity index (χ0v) is 45.3. The lowest BCUT2D eigenvalue weighted by Gasteiger charge is -2.19. The number of rotatable bonds is 55. The van der Waals surface area contributed by atoms with Crippen LogP contribution in [0, 0.1) is 0 Å². The number of hydrogen-bond acceptors (Lipinski definition) is 5. The zero-order valence-electron chi connectivity index (χ0n) is 45.3. The Morgan fingerprint density at radius 2 is 0.735 bits per heavy atom. The van der Waals surface area contributed by atoms with E-state index < -0.39 is 12.1 Å². The van der Waals surface area contributed by atoms with Gasteiger partial charge in [0.05, 0.1) is 25.4 Å². The van der Waals surface area contributed by atoms with E-state index in [0.717, 1.165) is 77.0 Å². The van der Waals surface area contributed by atoms with Gasteiger partial charge in [0.2, 0.25) is 5.91 Å². The fourth-order valence-electron chi connectivity index (χ4n) is 8.95. The van der Waals surface area contributed by atoms with Crippen LogP contribution >= 0.6 is 0 Å². The van der Waals surface area contributed by atoms with E-state index in [1.54, 1.807) is 6.08 Å². The van der Waals surface area contributed by atoms with Crippen LogP contribution in [0.25, 0.3) is 0 Å². The van der Waals surface area contributed by atoms with Crippen LogP contribution in [0.5, 0.6) is 0 Å². The number of allylic oxidation sites excluding steroid dienone is 7. The largest absolute Gasteiger partial charge is 0.466 e. The maximum Gasteiger partial charge on any atom is 0.305 e. The van der Waals surface area contributed by atoms with Gasteiger partial charge in [-0.15, -0.1) is 0 Å². The standard InChI is InChI=1S/C62H115NO5/c1-3-5-7-9-11-13-15-17-19-21-23-24-25-27-30-34-38-42-46-50-54-60(65)59(58-64)63-61(66)55-51-47-43-39-35-31-29-33-37-41-45-49-53-57-68-62(67)56-52-48-44-40-36-32-28-26-22-20-18-16-14-12-10-8-6-4-2/h14,16,20,22,31,35,50,54,59-60,64-65H,3-13,15,17-19,21,23-30,32-34,36-49,51-53,55-58H2,1-2H3,(H,63,66)/b16-14-,22-20-,35-31-,54-50+. The normalized spacial score (nSPS) is 12.9. The lowest BCUT2D eigenvalue weighted by molar-refractivity contribution is -0.143. The van der Waals surface area contributed by atoms with E-state index in [1.165, 1.54) is 205 Å². The molecule has 0 rings (SSSR count). The van der Waals surface area contributed by atoms with Gasteiger partial charge >= 0.3 is 5.97 Å². The molecule has 0 bridgehead atoms. The van der Waals surface area contributed by atoms with E-state index in [0.29, 0.717) is 19.4 Å². The van der Waals surface area contributed by atoms with Gasteiger partial charge in [0, 0.05) is 12.8 Å². The van der Waals surface area contributed by atoms with Gasteiger partial charge in [0.15, 0.2) is 0 Å². The molecule has 0 aliphatic rings. The third-order valence-electron chi connectivity index (χ3n) is 13.6. The smallest absolute Gasteiger partial charge is 0.305 e. The Bertz CT molecular complexity index is 1150. The van der Waals surface area contributed by atoms with Crippen molar-refractivity contribution in [3.05, 3.63) is 48.6 Å². The molecule has 0 aliphatic heterocycles. The second-order valence-electron chi connectivity index (χ2n) is 20.3. The topological polar surface area (TPSA) is 95.9 Å². The van der Waals surface area contributed by atoms with Crippen molar-refractivity contribution in [3.63, 3.8) is 0 Å². The highest BCUT2D eigenvalue weighted by Gasteiger charge is 2.18. The Kier molecular flexibility index (Phi) is 55.6. The minimum Gasteiger partial charge on any atom is -0.466 e. The number of carbonyl (C=O) groups excluding carboxylic acids is 2. The van der Waals surface area contributed by atoms with Crippen molar-refractivity contribution < 1.29 is 24.5 Å². The van der Waals surface area contributed by atoms with Gasteiger partial charge in [-0.3, -0.25) is 9.59 Å². The predicted octanol–water partition coefficient (Wildman–Crippen LogP) is 18.6. The van der Waals surface area contributed by atoms with Crippen molar-refractivity contribution in [2.75, 3.05) is 13.2 Å². The maximum absolute atomic E-state index is 12.5. The highest BCUT2D eigenvalue weighted by Crippen LogP contribution is 2.16. The molecule has 0 spiro atoms. The number of carbonyl (C=O) groups is 2. The molecule has 2 atom stereocenters. The third-order valence-corrected chi connectivity index (χ3v) is 13.6. The van der Waals surface area contributed by atoms with Gasteiger partial charge in [-0.25, -0.2) is 0 Å². The Morgan fingerprint density at radius 3 is 1.16 bits per heavy atom. The first-order chi connectivity index (χ1) is 33.5. The van der Waals surface area contributed by atoms with Crippen LogP contribution in [0.2, 0.25) is 0 Å². The molecule has 0 fully saturated rings. The molecule has 2 unspecified atom stereocenters. The van der Waals surface area contributed by atoms with Crippen LogP contribution in [-0.4, -0.2) is 47.4 Å². The molecule has 68 heavy (non-hydrogen) atoms. The average molecular weight is 955 g/mol. The van der Waals surface area contributed by atoms with E-state index >= 15 is 0 Å². The van der Waals surface area contributed by atoms with Crippen molar-refractivity contribution in [1.29, 1.82) is 0 Å². The summed E-state index contributed by atoms with van der Waals surface area (Å²) in [5.74, 6) is -0.118. The number of nitrogens with one attached hydrogen (secondary N) is 1. The first-order valence-corrected chi connectivity index (χ1v) is 29.9. The highest BCUT2D eigenvalue weighted by molar-refractivity contribution is 5.76. The Labute approximate surface area is 423 Å². The van der Waals surface area contributed by atoms with E-state index in [1.807, 2.05) is 6.08 Å². The van der Waals surface area contributed by atoms with Crippen LogP contribution in [0.15, 0.2) is 48.6 Å². The molecule has 6 heteroatoms. The fraction of sp³-hybridized carbons (Fsp3) is 0.839. The van der Waals surface area contributed by atoms with Gasteiger partial charge in [0.1, 0.15) is 0 Å². The molecule has 0 radical (unpaired) electrons. The molecule has 0 heterocycles. The summed E-state index contributed by atoms with van der Waals surface area (Å²) < 4.78 is 5.47. The van der Waals surface area contributed by atoms with Crippen LogP contribution in [0.3, 0.4) is 0 Å². The Balaban J connectivity index is 3.53. The Morgan fingerprint density at radius 1 is 0.412 bits per heavy atom. The summed E-state index contributed by atoms with van der Waals surface area (Å²) in [4.78, 5) is 24.6. The zero-order chi connectivity index (χ0) is 49.3. The summed E-state index contributed by atoms with van der Waals surface area (Å²) in [6.45, 7) is 4.85. The van der Waals surface area contributed by atoms with E-state index in [-0.39, 0.29) is 18.5 Å². The molecular weight excluding hydrogens is 839 g/mol. The number of ether oxygens (including phenoxy) is 1. The van der Waals surface area contributed by atoms with Crippen LogP contribution in [-0.2, 0) is 14.3 Å². The van der Waals surface area contributed by atoms with Crippen LogP contribution < -0.4 is 5.32 Å². The summed E-state index contributed by atoms with van der Waals surface area (Å²) in [5.41, 5.74) is 0. The number of esters is 1. The lowest BCUT2D eigenvalue weighted by atomic mass is 10.0.